The van der Waals surface area contributed by atoms with Gasteiger partial charge in [0, 0.05) is 18.8 Å². The Labute approximate surface area is 73.6 Å². The zero-order chi connectivity index (χ0) is 8.23. The third kappa shape index (κ3) is 1.87. The number of hydrogen-bond acceptors (Lipinski definition) is 1. The first-order valence-electron chi connectivity index (χ1n) is 4.83. The van der Waals surface area contributed by atoms with Crippen molar-refractivity contribution in [2.75, 3.05) is 0 Å². The molecular formula is C10H15N2. The topological polar surface area (TPSA) is 17.8 Å². The molecule has 1 aromatic heterocycles. The monoisotopic (exact) mass is 163 g/mol. The molecule has 1 heterocycles. The lowest BCUT2D eigenvalue weighted by Crippen LogP contribution is -2.14. The third-order valence-electron chi connectivity index (χ3n) is 2.67. The SMILES string of the molecule is [c]1cnn(CC2CCCCC2)c1. The van der Waals surface area contributed by atoms with Crippen LogP contribution in [0.1, 0.15) is 32.1 Å². The van der Waals surface area contributed by atoms with Crippen LogP contribution in [0.15, 0.2) is 12.4 Å². The highest BCUT2D eigenvalue weighted by Crippen LogP contribution is 2.24. The number of aromatic nitrogens is 2. The molecule has 0 amide bonds. The molecule has 0 N–H and O–H groups in total. The van der Waals surface area contributed by atoms with Gasteiger partial charge >= 0.3 is 0 Å². The van der Waals surface area contributed by atoms with Crippen molar-refractivity contribution in [1.29, 1.82) is 0 Å². The lowest BCUT2D eigenvalue weighted by molar-refractivity contribution is 0.308. The van der Waals surface area contributed by atoms with Crippen molar-refractivity contribution in [2.24, 2.45) is 5.92 Å². The van der Waals surface area contributed by atoms with E-state index < -0.39 is 0 Å². The van der Waals surface area contributed by atoms with Crippen LogP contribution in [0.2, 0.25) is 0 Å². The fraction of sp³-hybridized carbons (Fsp3) is 0.700. The van der Waals surface area contributed by atoms with Crippen molar-refractivity contribution in [3.8, 4) is 0 Å². The Hall–Kier alpha value is -0.790. The summed E-state index contributed by atoms with van der Waals surface area (Å²) in [6.45, 7) is 1.10. The van der Waals surface area contributed by atoms with E-state index in [0.717, 1.165) is 12.5 Å². The van der Waals surface area contributed by atoms with Crippen LogP contribution in [0.5, 0.6) is 0 Å². The Bertz CT molecular complexity index is 210. The van der Waals surface area contributed by atoms with Gasteiger partial charge in [0.15, 0.2) is 0 Å². The van der Waals surface area contributed by atoms with Crippen LogP contribution in [0.4, 0.5) is 0 Å². The van der Waals surface area contributed by atoms with Gasteiger partial charge in [-0.25, -0.2) is 0 Å². The van der Waals surface area contributed by atoms with Crippen molar-refractivity contribution in [3.05, 3.63) is 18.5 Å². The van der Waals surface area contributed by atoms with Gasteiger partial charge in [-0.2, -0.15) is 5.10 Å². The van der Waals surface area contributed by atoms with Gasteiger partial charge in [-0.15, -0.1) is 0 Å². The predicted molar refractivity (Wildman–Crippen MR) is 47.6 cm³/mol. The standard InChI is InChI=1S/C10H15N2/c1-2-5-10(6-3-1)9-12-8-4-7-11-12/h7-8,10H,1-3,5-6,9H2. The molecular weight excluding hydrogens is 148 g/mol. The Morgan fingerprint density at radius 1 is 1.33 bits per heavy atom. The second kappa shape index (κ2) is 3.74. The lowest BCUT2D eigenvalue weighted by Gasteiger charge is -2.21. The van der Waals surface area contributed by atoms with Crippen LogP contribution in [0.25, 0.3) is 0 Å². The van der Waals surface area contributed by atoms with E-state index in [0.29, 0.717) is 0 Å². The third-order valence-corrected chi connectivity index (χ3v) is 2.67. The van der Waals surface area contributed by atoms with E-state index in [1.165, 1.54) is 32.1 Å². The van der Waals surface area contributed by atoms with Gasteiger partial charge in [-0.3, -0.25) is 4.68 Å². The second-order valence-corrected chi connectivity index (χ2v) is 3.67. The summed E-state index contributed by atoms with van der Waals surface area (Å²) < 4.78 is 2.01. The zero-order valence-electron chi connectivity index (χ0n) is 7.37. The molecule has 65 valence electrons. The van der Waals surface area contributed by atoms with Gasteiger partial charge in [0.2, 0.25) is 0 Å². The van der Waals surface area contributed by atoms with Crippen LogP contribution < -0.4 is 0 Å². The molecule has 2 heteroatoms. The molecule has 0 unspecified atom stereocenters. The summed E-state index contributed by atoms with van der Waals surface area (Å²) in [5, 5.41) is 4.17. The lowest BCUT2D eigenvalue weighted by atomic mass is 9.89. The summed E-state index contributed by atoms with van der Waals surface area (Å²) in [5.41, 5.74) is 0. The molecule has 0 aromatic carbocycles. The van der Waals surface area contributed by atoms with Crippen molar-refractivity contribution >= 4 is 0 Å². The van der Waals surface area contributed by atoms with Crippen LogP contribution in [0, 0.1) is 12.0 Å². The van der Waals surface area contributed by atoms with E-state index in [-0.39, 0.29) is 0 Å². The number of nitrogens with zero attached hydrogens (tertiary/aromatic N) is 2. The minimum Gasteiger partial charge on any atom is -0.272 e. The molecule has 1 saturated carbocycles. The van der Waals surface area contributed by atoms with Crippen molar-refractivity contribution in [1.82, 2.24) is 9.78 Å². The highest BCUT2D eigenvalue weighted by atomic mass is 15.3. The Kier molecular flexibility index (Phi) is 2.45. The van der Waals surface area contributed by atoms with Crippen LogP contribution >= 0.6 is 0 Å². The normalized spacial score (nSPS) is 19.7. The first-order chi connectivity index (χ1) is 5.95. The molecule has 2 nitrogen and oxygen atoms in total. The zero-order valence-corrected chi connectivity index (χ0v) is 7.37. The summed E-state index contributed by atoms with van der Waals surface area (Å²) in [5.74, 6) is 0.868. The van der Waals surface area contributed by atoms with Gasteiger partial charge in [0.05, 0.1) is 6.20 Å². The molecule has 12 heavy (non-hydrogen) atoms. The highest BCUT2D eigenvalue weighted by molar-refractivity contribution is 4.76. The molecule has 1 fully saturated rings. The van der Waals surface area contributed by atoms with Gasteiger partial charge in [0.1, 0.15) is 0 Å². The van der Waals surface area contributed by atoms with Crippen molar-refractivity contribution < 1.29 is 0 Å². The fourth-order valence-electron chi connectivity index (χ4n) is 1.99. The first-order valence-corrected chi connectivity index (χ1v) is 4.83. The van der Waals surface area contributed by atoms with E-state index in [2.05, 4.69) is 11.2 Å². The molecule has 1 aromatic rings. The van der Waals surface area contributed by atoms with Crippen LogP contribution in [-0.4, -0.2) is 9.78 Å². The highest BCUT2D eigenvalue weighted by Gasteiger charge is 2.13. The van der Waals surface area contributed by atoms with Crippen LogP contribution in [0.3, 0.4) is 0 Å². The predicted octanol–water partition coefficient (Wildman–Crippen LogP) is 2.26. The summed E-state index contributed by atoms with van der Waals surface area (Å²) >= 11 is 0. The Morgan fingerprint density at radius 3 is 2.83 bits per heavy atom. The summed E-state index contributed by atoms with van der Waals surface area (Å²) in [4.78, 5) is 0. The van der Waals surface area contributed by atoms with Gasteiger partial charge in [0.25, 0.3) is 0 Å². The molecule has 0 atom stereocenters. The average Bonchev–Trinajstić information content (AvgIpc) is 2.59. The molecule has 0 saturated heterocycles. The minimum absolute atomic E-state index is 0.868. The molecule has 0 bridgehead atoms. The van der Waals surface area contributed by atoms with E-state index in [4.69, 9.17) is 0 Å². The quantitative estimate of drug-likeness (QED) is 0.654. The summed E-state index contributed by atoms with van der Waals surface area (Å²) in [6.07, 6.45) is 10.7. The molecule has 2 rings (SSSR count). The van der Waals surface area contributed by atoms with E-state index in [1.54, 1.807) is 6.20 Å². The molecule has 0 aliphatic heterocycles. The number of rotatable bonds is 2. The maximum absolute atomic E-state index is 4.17. The minimum atomic E-state index is 0.868. The van der Waals surface area contributed by atoms with E-state index in [9.17, 15) is 0 Å². The fourth-order valence-corrected chi connectivity index (χ4v) is 1.99. The molecule has 1 aliphatic carbocycles. The number of hydrogen-bond donors (Lipinski definition) is 0. The maximum atomic E-state index is 4.17. The van der Waals surface area contributed by atoms with Gasteiger partial charge in [-0.05, 0) is 18.8 Å². The van der Waals surface area contributed by atoms with Gasteiger partial charge < -0.3 is 0 Å². The average molecular weight is 163 g/mol. The largest absolute Gasteiger partial charge is 0.272 e. The summed E-state index contributed by atoms with van der Waals surface area (Å²) in [7, 11) is 0. The van der Waals surface area contributed by atoms with E-state index >= 15 is 0 Å². The molecule has 1 aliphatic rings. The van der Waals surface area contributed by atoms with Crippen LogP contribution in [-0.2, 0) is 6.54 Å². The maximum Gasteiger partial charge on any atom is 0.0569 e. The van der Waals surface area contributed by atoms with Gasteiger partial charge in [-0.1, -0.05) is 19.3 Å². The molecule has 1 radical (unpaired) electrons. The molecule has 0 spiro atoms. The smallest absolute Gasteiger partial charge is 0.0569 e. The Balaban J connectivity index is 1.86. The Morgan fingerprint density at radius 2 is 2.17 bits per heavy atom. The van der Waals surface area contributed by atoms with Crippen molar-refractivity contribution in [2.45, 2.75) is 38.6 Å². The van der Waals surface area contributed by atoms with Crippen molar-refractivity contribution in [3.63, 3.8) is 0 Å². The second-order valence-electron chi connectivity index (χ2n) is 3.67. The first kappa shape index (κ1) is 7.84. The van der Waals surface area contributed by atoms with E-state index in [1.807, 2.05) is 10.9 Å². The summed E-state index contributed by atoms with van der Waals surface area (Å²) in [6, 6.07) is 2.97.